The second-order valence-electron chi connectivity index (χ2n) is 8.24. The van der Waals surface area contributed by atoms with E-state index < -0.39 is 0 Å². The minimum Gasteiger partial charge on any atom is -0.460 e. The highest BCUT2D eigenvalue weighted by Gasteiger charge is 2.53. The summed E-state index contributed by atoms with van der Waals surface area (Å²) >= 11 is 0. The van der Waals surface area contributed by atoms with Gasteiger partial charge in [-0.2, -0.15) is 0 Å². The molecule has 3 fully saturated rings. The average molecular weight is 280 g/mol. The SMILES string of the molecule is CCCCCC12CCC(C(=O)OC(C)(C)C)(CC1)CC2. The standard InChI is InChI=1S/C18H32O2/c1-5-6-7-8-17-9-12-18(13-10-17,14-11-17)15(19)20-16(2,3)4/h5-14H2,1-4H3. The van der Waals surface area contributed by atoms with Gasteiger partial charge in [-0.25, -0.2) is 0 Å². The molecule has 0 radical (unpaired) electrons. The average Bonchev–Trinajstić information content (AvgIpc) is 2.39. The highest BCUT2D eigenvalue weighted by Crippen LogP contribution is 2.59. The molecule has 0 aromatic rings. The van der Waals surface area contributed by atoms with Crippen molar-refractivity contribution in [3.8, 4) is 0 Å². The van der Waals surface area contributed by atoms with Crippen LogP contribution in [0.5, 0.6) is 0 Å². The van der Waals surface area contributed by atoms with Gasteiger partial charge in [-0.15, -0.1) is 0 Å². The minimum atomic E-state index is -0.348. The minimum absolute atomic E-state index is 0.0758. The van der Waals surface area contributed by atoms with Gasteiger partial charge >= 0.3 is 5.97 Å². The van der Waals surface area contributed by atoms with Gasteiger partial charge < -0.3 is 4.74 Å². The second kappa shape index (κ2) is 5.69. The topological polar surface area (TPSA) is 26.3 Å². The first-order valence-corrected chi connectivity index (χ1v) is 8.54. The molecule has 0 aromatic heterocycles. The van der Waals surface area contributed by atoms with Crippen molar-refractivity contribution in [3.63, 3.8) is 0 Å². The molecule has 0 unspecified atom stereocenters. The maximum absolute atomic E-state index is 12.5. The van der Waals surface area contributed by atoms with E-state index in [9.17, 15) is 4.79 Å². The lowest BCUT2D eigenvalue weighted by molar-refractivity contribution is -0.177. The number of unbranched alkanes of at least 4 members (excludes halogenated alkanes) is 2. The Morgan fingerprint density at radius 2 is 1.55 bits per heavy atom. The first kappa shape index (κ1) is 15.9. The fraction of sp³-hybridized carbons (Fsp3) is 0.944. The number of fused-ring (bicyclic) bond motifs is 3. The normalized spacial score (nSPS) is 33.2. The smallest absolute Gasteiger partial charge is 0.312 e. The van der Waals surface area contributed by atoms with Crippen molar-refractivity contribution in [2.75, 3.05) is 0 Å². The van der Waals surface area contributed by atoms with Crippen LogP contribution in [-0.4, -0.2) is 11.6 Å². The molecule has 116 valence electrons. The van der Waals surface area contributed by atoms with E-state index in [-0.39, 0.29) is 17.0 Å². The van der Waals surface area contributed by atoms with Gasteiger partial charge in [-0.05, 0) is 71.1 Å². The fourth-order valence-electron chi connectivity index (χ4n) is 4.08. The number of hydrogen-bond donors (Lipinski definition) is 0. The van der Waals surface area contributed by atoms with Crippen molar-refractivity contribution >= 4 is 5.97 Å². The molecule has 0 spiro atoms. The van der Waals surface area contributed by atoms with Gasteiger partial charge in [-0.1, -0.05) is 26.2 Å². The van der Waals surface area contributed by atoms with Crippen LogP contribution in [0.2, 0.25) is 0 Å². The summed E-state index contributed by atoms with van der Waals surface area (Å²) in [6.07, 6.45) is 12.3. The molecule has 0 aromatic carbocycles. The van der Waals surface area contributed by atoms with Crippen LogP contribution in [0.1, 0.15) is 91.9 Å². The fourth-order valence-corrected chi connectivity index (χ4v) is 4.08. The lowest BCUT2D eigenvalue weighted by Crippen LogP contribution is -2.48. The highest BCUT2D eigenvalue weighted by molar-refractivity contribution is 5.77. The Hall–Kier alpha value is -0.530. The summed E-state index contributed by atoms with van der Waals surface area (Å²) in [6, 6.07) is 0. The quantitative estimate of drug-likeness (QED) is 0.508. The van der Waals surface area contributed by atoms with Gasteiger partial charge in [-0.3, -0.25) is 4.79 Å². The van der Waals surface area contributed by atoms with Gasteiger partial charge in [0.2, 0.25) is 0 Å². The Labute approximate surface area is 124 Å². The lowest BCUT2D eigenvalue weighted by atomic mass is 9.52. The molecule has 0 heterocycles. The van der Waals surface area contributed by atoms with Crippen molar-refractivity contribution in [1.82, 2.24) is 0 Å². The zero-order valence-electron chi connectivity index (χ0n) is 13.9. The van der Waals surface area contributed by atoms with Crippen LogP contribution >= 0.6 is 0 Å². The van der Waals surface area contributed by atoms with Crippen molar-refractivity contribution in [3.05, 3.63) is 0 Å². The molecule has 0 amide bonds. The molecule has 3 aliphatic rings. The van der Waals surface area contributed by atoms with Crippen LogP contribution in [0, 0.1) is 10.8 Å². The van der Waals surface area contributed by atoms with Gasteiger partial charge in [0.05, 0.1) is 5.41 Å². The van der Waals surface area contributed by atoms with E-state index >= 15 is 0 Å². The van der Waals surface area contributed by atoms with E-state index in [0.29, 0.717) is 5.41 Å². The van der Waals surface area contributed by atoms with Crippen LogP contribution < -0.4 is 0 Å². The summed E-state index contributed by atoms with van der Waals surface area (Å²) in [5, 5.41) is 0. The molecule has 3 saturated carbocycles. The first-order valence-electron chi connectivity index (χ1n) is 8.54. The van der Waals surface area contributed by atoms with E-state index in [4.69, 9.17) is 4.74 Å². The molecule has 3 aliphatic carbocycles. The van der Waals surface area contributed by atoms with Gasteiger partial charge in [0, 0.05) is 0 Å². The highest BCUT2D eigenvalue weighted by atomic mass is 16.6. The Morgan fingerprint density at radius 1 is 1.00 bits per heavy atom. The van der Waals surface area contributed by atoms with Crippen LogP contribution in [0.4, 0.5) is 0 Å². The summed E-state index contributed by atoms with van der Waals surface area (Å²) in [5.74, 6) is 0.0758. The Morgan fingerprint density at radius 3 is 2.00 bits per heavy atom. The van der Waals surface area contributed by atoms with Gasteiger partial charge in [0.15, 0.2) is 0 Å². The molecule has 3 rings (SSSR count). The summed E-state index contributed by atoms with van der Waals surface area (Å²) in [4.78, 5) is 12.5. The predicted molar refractivity (Wildman–Crippen MR) is 82.6 cm³/mol. The molecular formula is C18H32O2. The van der Waals surface area contributed by atoms with E-state index in [1.165, 1.54) is 44.9 Å². The molecule has 20 heavy (non-hydrogen) atoms. The summed E-state index contributed by atoms with van der Waals surface area (Å²) in [6.45, 7) is 8.19. The van der Waals surface area contributed by atoms with E-state index in [2.05, 4.69) is 6.92 Å². The molecule has 0 saturated heterocycles. The van der Waals surface area contributed by atoms with E-state index in [1.807, 2.05) is 20.8 Å². The second-order valence-corrected chi connectivity index (χ2v) is 8.24. The Kier molecular flexibility index (Phi) is 4.51. The zero-order chi connectivity index (χ0) is 14.9. The van der Waals surface area contributed by atoms with Crippen molar-refractivity contribution in [1.29, 1.82) is 0 Å². The van der Waals surface area contributed by atoms with Crippen LogP contribution in [0.15, 0.2) is 0 Å². The molecule has 0 atom stereocenters. The largest absolute Gasteiger partial charge is 0.460 e. The van der Waals surface area contributed by atoms with Crippen LogP contribution in [0.25, 0.3) is 0 Å². The molecule has 2 heteroatoms. The Balaban J connectivity index is 1.93. The van der Waals surface area contributed by atoms with Gasteiger partial charge in [0.1, 0.15) is 5.60 Å². The lowest BCUT2D eigenvalue weighted by Gasteiger charge is -2.52. The summed E-state index contributed by atoms with van der Waals surface area (Å²) < 4.78 is 5.69. The third-order valence-electron chi connectivity index (χ3n) is 5.54. The third-order valence-corrected chi connectivity index (χ3v) is 5.54. The molecule has 2 bridgehead atoms. The number of carbonyl (C=O) groups excluding carboxylic acids is 1. The molecule has 0 N–H and O–H groups in total. The monoisotopic (exact) mass is 280 g/mol. The van der Waals surface area contributed by atoms with Crippen LogP contribution in [0.3, 0.4) is 0 Å². The molecule has 2 nitrogen and oxygen atoms in total. The maximum Gasteiger partial charge on any atom is 0.312 e. The third kappa shape index (κ3) is 3.38. The summed E-state index contributed by atoms with van der Waals surface area (Å²) in [7, 11) is 0. The predicted octanol–water partition coefficient (Wildman–Crippen LogP) is 5.25. The summed E-state index contributed by atoms with van der Waals surface area (Å²) in [5.41, 5.74) is 0.0810. The number of esters is 1. The maximum atomic E-state index is 12.5. The number of carbonyl (C=O) groups is 1. The zero-order valence-corrected chi connectivity index (χ0v) is 13.9. The van der Waals surface area contributed by atoms with Crippen molar-refractivity contribution in [2.45, 2.75) is 97.5 Å². The first-order chi connectivity index (χ1) is 9.31. The van der Waals surface area contributed by atoms with Gasteiger partial charge in [0.25, 0.3) is 0 Å². The number of ether oxygens (including phenoxy) is 1. The van der Waals surface area contributed by atoms with E-state index in [1.54, 1.807) is 0 Å². The molecule has 0 aliphatic heterocycles. The molecular weight excluding hydrogens is 248 g/mol. The van der Waals surface area contributed by atoms with Crippen LogP contribution in [-0.2, 0) is 9.53 Å². The number of rotatable bonds is 5. The van der Waals surface area contributed by atoms with E-state index in [0.717, 1.165) is 19.3 Å². The number of hydrogen-bond acceptors (Lipinski definition) is 2. The Bertz CT molecular complexity index is 326. The van der Waals surface area contributed by atoms with Crippen molar-refractivity contribution < 1.29 is 9.53 Å². The van der Waals surface area contributed by atoms with Crippen molar-refractivity contribution in [2.24, 2.45) is 10.8 Å².